The van der Waals surface area contributed by atoms with E-state index < -0.39 is 0 Å². The van der Waals surface area contributed by atoms with Gasteiger partial charge >= 0.3 is 6.09 Å². The van der Waals surface area contributed by atoms with Crippen molar-refractivity contribution in [1.82, 2.24) is 10.2 Å². The largest absolute Gasteiger partial charge is 0.494 e. The molecule has 5 nitrogen and oxygen atoms in total. The van der Waals surface area contributed by atoms with E-state index in [9.17, 15) is 4.79 Å². The van der Waals surface area contributed by atoms with Crippen molar-refractivity contribution in [2.45, 2.75) is 26.0 Å². The Morgan fingerprint density at radius 1 is 1.15 bits per heavy atom. The zero-order valence-corrected chi connectivity index (χ0v) is 15.2. The Morgan fingerprint density at radius 3 is 2.69 bits per heavy atom. The summed E-state index contributed by atoms with van der Waals surface area (Å²) in [4.78, 5) is 14.1. The number of aryl methyl sites for hydroxylation is 1. The summed E-state index contributed by atoms with van der Waals surface area (Å²) in [5, 5.41) is 3.44. The van der Waals surface area contributed by atoms with Gasteiger partial charge in [-0.05, 0) is 31.0 Å². The fraction of sp³-hybridized carbons (Fsp3) is 0.381. The van der Waals surface area contributed by atoms with Crippen molar-refractivity contribution < 1.29 is 14.3 Å². The van der Waals surface area contributed by atoms with Crippen molar-refractivity contribution in [2.75, 3.05) is 26.2 Å². The number of piperazine rings is 1. The Bertz CT molecular complexity index is 688. The van der Waals surface area contributed by atoms with E-state index in [0.29, 0.717) is 26.3 Å². The monoisotopic (exact) mass is 354 g/mol. The maximum atomic E-state index is 12.3. The quantitative estimate of drug-likeness (QED) is 0.864. The van der Waals surface area contributed by atoms with Gasteiger partial charge in [0.2, 0.25) is 0 Å². The summed E-state index contributed by atoms with van der Waals surface area (Å²) >= 11 is 0. The summed E-state index contributed by atoms with van der Waals surface area (Å²) in [6.45, 7) is 5.07. The lowest BCUT2D eigenvalue weighted by Gasteiger charge is -2.33. The molecular formula is C21H26N2O3. The van der Waals surface area contributed by atoms with Crippen LogP contribution >= 0.6 is 0 Å². The second-order valence-electron chi connectivity index (χ2n) is 6.59. The maximum Gasteiger partial charge on any atom is 0.410 e. The van der Waals surface area contributed by atoms with Gasteiger partial charge in [0, 0.05) is 25.7 Å². The van der Waals surface area contributed by atoms with E-state index in [1.165, 1.54) is 5.56 Å². The Kier molecular flexibility index (Phi) is 6.50. The third-order valence-electron chi connectivity index (χ3n) is 4.47. The molecule has 0 bridgehead atoms. The molecule has 0 radical (unpaired) electrons. The van der Waals surface area contributed by atoms with Gasteiger partial charge in [-0.25, -0.2) is 4.79 Å². The highest BCUT2D eigenvalue weighted by Crippen LogP contribution is 2.13. The van der Waals surface area contributed by atoms with E-state index in [1.54, 1.807) is 4.90 Å². The molecule has 0 aromatic heterocycles. The molecule has 2 aromatic carbocycles. The van der Waals surface area contributed by atoms with Crippen molar-refractivity contribution in [1.29, 1.82) is 0 Å². The van der Waals surface area contributed by atoms with Crippen LogP contribution in [0.5, 0.6) is 5.75 Å². The third kappa shape index (κ3) is 5.49. The number of nitrogens with zero attached hydrogens (tertiary/aromatic N) is 1. The van der Waals surface area contributed by atoms with Crippen LogP contribution in [-0.4, -0.2) is 43.3 Å². The minimum absolute atomic E-state index is 0.221. The molecule has 1 heterocycles. The van der Waals surface area contributed by atoms with Crippen molar-refractivity contribution >= 4 is 6.09 Å². The molecule has 1 N–H and O–H groups in total. The molecule has 3 rings (SSSR count). The highest BCUT2D eigenvalue weighted by atomic mass is 16.6. The normalized spacial score (nSPS) is 17.0. The van der Waals surface area contributed by atoms with Crippen LogP contribution in [0.25, 0.3) is 0 Å². The molecule has 2 aromatic rings. The highest BCUT2D eigenvalue weighted by molar-refractivity contribution is 5.67. The molecule has 5 heteroatoms. The van der Waals surface area contributed by atoms with Crippen molar-refractivity contribution in [3.63, 3.8) is 0 Å². The van der Waals surface area contributed by atoms with Gasteiger partial charge in [-0.15, -0.1) is 0 Å². The Hall–Kier alpha value is -2.53. The molecule has 0 saturated carbocycles. The topological polar surface area (TPSA) is 50.8 Å². The van der Waals surface area contributed by atoms with E-state index in [2.05, 4.69) is 12.2 Å². The number of nitrogens with one attached hydrogen (secondary N) is 1. The first-order valence-electron chi connectivity index (χ1n) is 9.09. The summed E-state index contributed by atoms with van der Waals surface area (Å²) in [6, 6.07) is 18.0. The Balaban J connectivity index is 1.40. The third-order valence-corrected chi connectivity index (χ3v) is 4.47. The number of rotatable bonds is 6. The molecule has 1 saturated heterocycles. The van der Waals surface area contributed by atoms with Gasteiger partial charge in [0.05, 0.1) is 6.61 Å². The number of benzene rings is 2. The lowest BCUT2D eigenvalue weighted by atomic mass is 10.1. The second kappa shape index (κ2) is 9.25. The number of amides is 1. The van der Waals surface area contributed by atoms with Crippen molar-refractivity contribution in [3.05, 3.63) is 65.7 Å². The predicted molar refractivity (Wildman–Crippen MR) is 101 cm³/mol. The van der Waals surface area contributed by atoms with Gasteiger partial charge in [0.1, 0.15) is 12.4 Å². The number of hydrogen-bond acceptors (Lipinski definition) is 4. The molecule has 0 aliphatic carbocycles. The maximum absolute atomic E-state index is 12.3. The van der Waals surface area contributed by atoms with Crippen LogP contribution in [0.15, 0.2) is 54.6 Å². The smallest absolute Gasteiger partial charge is 0.410 e. The molecule has 0 unspecified atom stereocenters. The zero-order chi connectivity index (χ0) is 18.2. The summed E-state index contributed by atoms with van der Waals surface area (Å²) in [6.07, 6.45) is 0.593. The summed E-state index contributed by atoms with van der Waals surface area (Å²) in [7, 11) is 0. The SMILES string of the molecule is Cc1ccc(OCC[C@@H]2CN(C(=O)OCc3ccccc3)CCN2)cc1. The lowest BCUT2D eigenvalue weighted by molar-refractivity contribution is 0.0827. The van der Waals surface area contributed by atoms with Gasteiger partial charge in [-0.1, -0.05) is 48.0 Å². The fourth-order valence-electron chi connectivity index (χ4n) is 2.95. The summed E-state index contributed by atoms with van der Waals surface area (Å²) in [5.41, 5.74) is 2.22. The molecule has 26 heavy (non-hydrogen) atoms. The van der Waals surface area contributed by atoms with Gasteiger partial charge in [0.15, 0.2) is 0 Å². The standard InChI is InChI=1S/C21H26N2O3/c1-17-7-9-20(10-8-17)25-14-11-19-15-23(13-12-22-19)21(24)26-16-18-5-3-2-4-6-18/h2-10,19,22H,11-16H2,1H3/t19-/m1/s1. The van der Waals surface area contributed by atoms with E-state index in [0.717, 1.165) is 24.3 Å². The minimum Gasteiger partial charge on any atom is -0.494 e. The molecule has 1 aliphatic rings. The number of carbonyl (C=O) groups excluding carboxylic acids is 1. The fourth-order valence-corrected chi connectivity index (χ4v) is 2.95. The van der Waals surface area contributed by atoms with Crippen LogP contribution in [0.1, 0.15) is 17.5 Å². The first kappa shape index (κ1) is 18.3. The number of ether oxygens (including phenoxy) is 2. The first-order chi connectivity index (χ1) is 12.7. The Labute approximate surface area is 154 Å². The molecule has 138 valence electrons. The summed E-state index contributed by atoms with van der Waals surface area (Å²) < 4.78 is 11.2. The highest BCUT2D eigenvalue weighted by Gasteiger charge is 2.24. The van der Waals surface area contributed by atoms with Crippen LogP contribution < -0.4 is 10.1 Å². The lowest BCUT2D eigenvalue weighted by Crippen LogP contribution is -2.53. The average Bonchev–Trinajstić information content (AvgIpc) is 2.69. The molecule has 1 atom stereocenters. The minimum atomic E-state index is -0.250. The summed E-state index contributed by atoms with van der Waals surface area (Å²) in [5.74, 6) is 0.880. The molecule has 1 fully saturated rings. The van der Waals surface area contributed by atoms with Crippen LogP contribution in [0.4, 0.5) is 4.79 Å². The van der Waals surface area contributed by atoms with E-state index in [-0.39, 0.29) is 12.1 Å². The van der Waals surface area contributed by atoms with Crippen LogP contribution in [0.3, 0.4) is 0 Å². The number of hydrogen-bond donors (Lipinski definition) is 1. The van der Waals surface area contributed by atoms with Crippen molar-refractivity contribution in [3.8, 4) is 5.75 Å². The second-order valence-corrected chi connectivity index (χ2v) is 6.59. The van der Waals surface area contributed by atoms with E-state index in [1.807, 2.05) is 54.6 Å². The van der Waals surface area contributed by atoms with Gasteiger partial charge in [-0.2, -0.15) is 0 Å². The predicted octanol–water partition coefficient (Wildman–Crippen LogP) is 3.37. The van der Waals surface area contributed by atoms with E-state index in [4.69, 9.17) is 9.47 Å². The molecular weight excluding hydrogens is 328 g/mol. The van der Waals surface area contributed by atoms with Crippen LogP contribution in [-0.2, 0) is 11.3 Å². The molecule has 1 amide bonds. The van der Waals surface area contributed by atoms with Crippen molar-refractivity contribution in [2.24, 2.45) is 0 Å². The van der Waals surface area contributed by atoms with Gasteiger partial charge in [0.25, 0.3) is 0 Å². The van der Waals surface area contributed by atoms with E-state index >= 15 is 0 Å². The van der Waals surface area contributed by atoms with Crippen LogP contribution in [0, 0.1) is 6.92 Å². The average molecular weight is 354 g/mol. The first-order valence-corrected chi connectivity index (χ1v) is 9.09. The Morgan fingerprint density at radius 2 is 1.92 bits per heavy atom. The van der Waals surface area contributed by atoms with Gasteiger partial charge < -0.3 is 19.7 Å². The molecule has 0 spiro atoms. The van der Waals surface area contributed by atoms with Crippen LogP contribution in [0.2, 0.25) is 0 Å². The molecule has 1 aliphatic heterocycles. The van der Waals surface area contributed by atoms with Gasteiger partial charge in [-0.3, -0.25) is 0 Å². The number of carbonyl (C=O) groups is 1. The zero-order valence-electron chi connectivity index (χ0n) is 15.2.